The van der Waals surface area contributed by atoms with E-state index in [-0.39, 0.29) is 6.04 Å². The number of alkyl halides is 6. The number of nitrogens with one attached hydrogen (secondary N) is 2. The van der Waals surface area contributed by atoms with Crippen molar-refractivity contribution in [1.82, 2.24) is 19.9 Å². The van der Waals surface area contributed by atoms with Crippen molar-refractivity contribution in [2.45, 2.75) is 38.2 Å². The van der Waals surface area contributed by atoms with E-state index in [1.165, 1.54) is 0 Å². The minimum Gasteiger partial charge on any atom is -0.343 e. The number of aromatic nitrogens is 4. The maximum atomic E-state index is 13.0. The van der Waals surface area contributed by atoms with E-state index < -0.39 is 59.0 Å². The Morgan fingerprint density at radius 1 is 0.926 bits per heavy atom. The summed E-state index contributed by atoms with van der Waals surface area (Å²) in [6.45, 7) is 0.821. The van der Waals surface area contributed by atoms with E-state index in [0.717, 1.165) is 6.07 Å². The molecule has 2 aromatic heterocycles. The Morgan fingerprint density at radius 2 is 1.41 bits per heavy atom. The van der Waals surface area contributed by atoms with Crippen molar-refractivity contribution in [2.75, 3.05) is 10.6 Å². The minimum atomic E-state index is -5.13. The van der Waals surface area contributed by atoms with Crippen LogP contribution in [0.15, 0.2) is 18.2 Å². The zero-order valence-electron chi connectivity index (χ0n) is 17.5. The molecular formula is C14H13ClF6N6. The summed E-state index contributed by atoms with van der Waals surface area (Å²) >= 11 is 5.71. The molecule has 2 rings (SSSR count). The van der Waals surface area contributed by atoms with Gasteiger partial charge in [0.05, 0.1) is 5.48 Å². The van der Waals surface area contributed by atoms with Crippen LogP contribution in [-0.4, -0.2) is 44.3 Å². The predicted molar refractivity (Wildman–Crippen MR) is 86.3 cm³/mol. The molecule has 2 N–H and O–H groups in total. The van der Waals surface area contributed by atoms with Gasteiger partial charge in [-0.1, -0.05) is 17.7 Å². The third-order valence-corrected chi connectivity index (χ3v) is 3.10. The Bertz CT molecular complexity index is 939. The van der Waals surface area contributed by atoms with Gasteiger partial charge in [-0.3, -0.25) is 0 Å². The molecule has 148 valence electrons. The number of rotatable bonds is 5. The van der Waals surface area contributed by atoms with Crippen LogP contribution in [0.4, 0.5) is 38.2 Å². The van der Waals surface area contributed by atoms with Crippen molar-refractivity contribution in [2.24, 2.45) is 0 Å². The molecule has 0 bridgehead atoms. The maximum Gasteiger partial charge on any atom is 0.408 e. The van der Waals surface area contributed by atoms with Crippen molar-refractivity contribution < 1.29 is 31.8 Å². The average molecular weight is 419 g/mol. The smallest absolute Gasteiger partial charge is 0.343 e. The lowest BCUT2D eigenvalue weighted by Gasteiger charge is -2.20. The van der Waals surface area contributed by atoms with Gasteiger partial charge in [0.15, 0.2) is 5.82 Å². The first-order valence-corrected chi connectivity index (χ1v) is 7.32. The van der Waals surface area contributed by atoms with E-state index in [1.54, 1.807) is 10.6 Å². The van der Waals surface area contributed by atoms with Gasteiger partial charge in [-0.2, -0.15) is 41.3 Å². The van der Waals surface area contributed by atoms with Gasteiger partial charge in [-0.25, -0.2) is 4.98 Å². The van der Waals surface area contributed by atoms with E-state index in [4.69, 9.17) is 17.1 Å². The van der Waals surface area contributed by atoms with Gasteiger partial charge < -0.3 is 10.6 Å². The highest BCUT2D eigenvalue weighted by molar-refractivity contribution is 6.29. The summed E-state index contributed by atoms with van der Waals surface area (Å²) in [6.07, 6.45) is -10.3. The van der Waals surface area contributed by atoms with E-state index in [2.05, 4.69) is 19.9 Å². The Kier molecular flexibility index (Phi) is 4.47. The lowest BCUT2D eigenvalue weighted by Crippen LogP contribution is -2.35. The summed E-state index contributed by atoms with van der Waals surface area (Å²) in [5.41, 5.74) is -0.480. The van der Waals surface area contributed by atoms with Crippen LogP contribution in [0.5, 0.6) is 0 Å². The molecule has 2 unspecified atom stereocenters. The second kappa shape index (κ2) is 7.71. The summed E-state index contributed by atoms with van der Waals surface area (Å²) in [7, 11) is 0. The fourth-order valence-electron chi connectivity index (χ4n) is 1.51. The third-order valence-electron chi connectivity index (χ3n) is 2.91. The summed E-state index contributed by atoms with van der Waals surface area (Å²) in [5, 5.41) is 2.80. The van der Waals surface area contributed by atoms with Crippen LogP contribution < -0.4 is 10.6 Å². The van der Waals surface area contributed by atoms with Gasteiger partial charge in [-0.05, 0) is 25.9 Å². The highest BCUT2D eigenvalue weighted by Crippen LogP contribution is 2.26. The van der Waals surface area contributed by atoms with Crippen LogP contribution in [0.25, 0.3) is 11.5 Å². The van der Waals surface area contributed by atoms with Gasteiger partial charge in [0.25, 0.3) is 0 Å². The third kappa shape index (κ3) is 5.81. The quantitative estimate of drug-likeness (QED) is 0.556. The largest absolute Gasteiger partial charge is 0.408 e. The Morgan fingerprint density at radius 3 is 1.85 bits per heavy atom. The molecule has 0 amide bonds. The van der Waals surface area contributed by atoms with Crippen LogP contribution in [-0.2, 0) is 0 Å². The van der Waals surface area contributed by atoms with Gasteiger partial charge in [0.1, 0.15) is 22.9 Å². The highest BCUT2D eigenvalue weighted by atomic mass is 35.5. The molecular weight excluding hydrogens is 402 g/mol. The summed E-state index contributed by atoms with van der Waals surface area (Å²) in [6, 6.07) is -6.67. The molecule has 0 fully saturated rings. The Labute approximate surface area is 160 Å². The molecule has 0 aromatic carbocycles. The highest BCUT2D eigenvalue weighted by Gasteiger charge is 2.38. The summed E-state index contributed by atoms with van der Waals surface area (Å²) in [5.74, 6) is -2.64. The van der Waals surface area contributed by atoms with Gasteiger partial charge in [0.2, 0.25) is 11.9 Å². The molecule has 2 heterocycles. The molecule has 0 aliphatic heterocycles. The van der Waals surface area contributed by atoms with Crippen molar-refractivity contribution in [3.63, 3.8) is 0 Å². The first-order chi connectivity index (χ1) is 13.8. The molecule has 0 aliphatic carbocycles. The number of nitrogens with zero attached hydrogens (tertiary/aromatic N) is 4. The Hall–Kier alpha value is -2.37. The van der Waals surface area contributed by atoms with E-state index in [0.29, 0.717) is 13.8 Å². The van der Waals surface area contributed by atoms with Crippen LogP contribution in [0.1, 0.15) is 19.3 Å². The maximum absolute atomic E-state index is 13.0. The molecule has 27 heavy (non-hydrogen) atoms. The summed E-state index contributed by atoms with van der Waals surface area (Å²) < 4.78 is 108. The van der Waals surface area contributed by atoms with Crippen molar-refractivity contribution in [3.8, 4) is 11.5 Å². The van der Waals surface area contributed by atoms with Crippen LogP contribution in [0.3, 0.4) is 0 Å². The van der Waals surface area contributed by atoms with Crippen molar-refractivity contribution in [3.05, 3.63) is 23.3 Å². The number of hydrogen-bond acceptors (Lipinski definition) is 6. The monoisotopic (exact) mass is 418 g/mol. The van der Waals surface area contributed by atoms with Gasteiger partial charge >= 0.3 is 12.4 Å². The molecule has 13 heteroatoms. The second-order valence-corrected chi connectivity index (χ2v) is 5.34. The fraction of sp³-hybridized carbons (Fsp3) is 0.429. The lowest BCUT2D eigenvalue weighted by atomic mass is 10.3. The van der Waals surface area contributed by atoms with Crippen LogP contribution >= 0.6 is 11.6 Å². The molecule has 0 saturated carbocycles. The van der Waals surface area contributed by atoms with Crippen molar-refractivity contribution >= 4 is 23.5 Å². The second-order valence-electron chi connectivity index (χ2n) is 4.99. The molecule has 0 saturated heterocycles. The van der Waals surface area contributed by atoms with Crippen molar-refractivity contribution in [1.29, 1.82) is 0 Å². The molecule has 2 aromatic rings. The lowest BCUT2D eigenvalue weighted by molar-refractivity contribution is -0.139. The number of pyridine rings is 1. The Balaban J connectivity index is 2.64. The topological polar surface area (TPSA) is 75.6 Å². The minimum absolute atomic E-state index is 0.368. The zero-order chi connectivity index (χ0) is 24.0. The standard InChI is InChI=1S/C14H13ClF6N6/c1-6(13(16,17)18)22-11-25-10(8-4-3-5-9(15)24-8)26-12(27-11)23-7(2)14(19,20)21/h3-7H,1-2H3,(H2,22,23,25,26,27)/i4D,5D,6D,7D. The average Bonchev–Trinajstić information content (AvgIpc) is 2.55. The normalized spacial score (nSPS) is 19.0. The van der Waals surface area contributed by atoms with Crippen LogP contribution in [0, 0.1) is 0 Å². The fourth-order valence-corrected chi connectivity index (χ4v) is 1.65. The first kappa shape index (κ1) is 15.7. The first-order valence-electron chi connectivity index (χ1n) is 8.94. The van der Waals surface area contributed by atoms with Gasteiger partial charge in [-0.15, -0.1) is 0 Å². The van der Waals surface area contributed by atoms with Crippen LogP contribution in [0.2, 0.25) is 5.15 Å². The summed E-state index contributed by atoms with van der Waals surface area (Å²) in [4.78, 5) is 14.2. The van der Waals surface area contributed by atoms with Gasteiger partial charge in [0, 0.05) is 0 Å². The number of anilines is 2. The molecule has 6 nitrogen and oxygen atoms in total. The predicted octanol–water partition coefficient (Wildman–Crippen LogP) is 4.31. The zero-order valence-corrected chi connectivity index (χ0v) is 14.3. The molecule has 2 atom stereocenters. The van der Waals surface area contributed by atoms with E-state index >= 15 is 0 Å². The molecule has 0 aliphatic rings. The number of halogens is 7. The molecule has 0 spiro atoms. The van der Waals surface area contributed by atoms with E-state index in [9.17, 15) is 26.3 Å². The number of hydrogen-bond donors (Lipinski definition) is 2. The molecule has 0 radical (unpaired) electrons. The van der Waals surface area contributed by atoms with E-state index in [1.807, 2.05) is 0 Å². The SMILES string of the molecule is [2H]c1cc([2H])c(-c2nc(NC([2H])(C)C(F)(F)F)nc(NC([2H])(C)C(F)(F)F)n2)nc1Cl.